The molecule has 0 aromatic carbocycles. The van der Waals surface area contributed by atoms with Crippen LogP contribution in [0, 0.1) is 18.3 Å². The van der Waals surface area contributed by atoms with Crippen molar-refractivity contribution in [3.8, 4) is 6.07 Å². The number of nitriles is 1. The predicted octanol–water partition coefficient (Wildman–Crippen LogP) is 1.43. The molecule has 0 bridgehead atoms. The number of piperazine rings is 1. The van der Waals surface area contributed by atoms with Crippen LogP contribution in [0.1, 0.15) is 12.0 Å². The molecule has 0 spiro atoms. The van der Waals surface area contributed by atoms with Crippen molar-refractivity contribution >= 4 is 5.82 Å². The molecule has 0 N–H and O–H groups in total. The summed E-state index contributed by atoms with van der Waals surface area (Å²) in [6.07, 6.45) is 2.54. The van der Waals surface area contributed by atoms with Gasteiger partial charge >= 0.3 is 0 Å². The summed E-state index contributed by atoms with van der Waals surface area (Å²) in [7, 11) is 0. The van der Waals surface area contributed by atoms with Crippen LogP contribution in [-0.4, -0.2) is 42.6 Å². The highest BCUT2D eigenvalue weighted by atomic mass is 15.3. The fraction of sp³-hybridized carbons (Fsp3) is 0.538. The largest absolute Gasteiger partial charge is 0.354 e. The summed E-state index contributed by atoms with van der Waals surface area (Å²) in [5, 5.41) is 8.56. The monoisotopic (exact) mass is 230 g/mol. The molecule has 1 aromatic heterocycles. The van der Waals surface area contributed by atoms with Crippen LogP contribution in [-0.2, 0) is 0 Å². The Hall–Kier alpha value is -1.60. The third kappa shape index (κ3) is 3.18. The van der Waals surface area contributed by atoms with E-state index in [4.69, 9.17) is 5.26 Å². The van der Waals surface area contributed by atoms with E-state index in [2.05, 4.69) is 39.9 Å². The van der Waals surface area contributed by atoms with E-state index in [1.54, 1.807) is 0 Å². The fourth-order valence-corrected chi connectivity index (χ4v) is 2.06. The summed E-state index contributed by atoms with van der Waals surface area (Å²) >= 11 is 0. The SMILES string of the molecule is Cc1ccc(N2CCN(CCC#N)CC2)nc1. The summed E-state index contributed by atoms with van der Waals surface area (Å²) in [6, 6.07) is 6.38. The van der Waals surface area contributed by atoms with Gasteiger partial charge in [-0.1, -0.05) is 6.07 Å². The maximum Gasteiger partial charge on any atom is 0.128 e. The van der Waals surface area contributed by atoms with E-state index < -0.39 is 0 Å². The molecule has 1 aromatic rings. The van der Waals surface area contributed by atoms with Gasteiger partial charge < -0.3 is 4.90 Å². The maximum atomic E-state index is 8.56. The van der Waals surface area contributed by atoms with Gasteiger partial charge in [-0.05, 0) is 18.6 Å². The predicted molar refractivity (Wildman–Crippen MR) is 67.9 cm³/mol. The van der Waals surface area contributed by atoms with Crippen molar-refractivity contribution < 1.29 is 0 Å². The highest BCUT2D eigenvalue weighted by Gasteiger charge is 2.17. The highest BCUT2D eigenvalue weighted by Crippen LogP contribution is 2.13. The molecular weight excluding hydrogens is 212 g/mol. The lowest BCUT2D eigenvalue weighted by molar-refractivity contribution is 0.263. The highest BCUT2D eigenvalue weighted by molar-refractivity contribution is 5.39. The molecule has 1 saturated heterocycles. The minimum absolute atomic E-state index is 0.628. The molecule has 1 aliphatic heterocycles. The Balaban J connectivity index is 1.87. The summed E-state index contributed by atoms with van der Waals surface area (Å²) in [6.45, 7) is 7.00. The Labute approximate surface area is 102 Å². The van der Waals surface area contributed by atoms with Crippen LogP contribution in [0.4, 0.5) is 5.82 Å². The van der Waals surface area contributed by atoms with Crippen molar-refractivity contribution in [3.05, 3.63) is 23.9 Å². The Morgan fingerprint density at radius 3 is 2.65 bits per heavy atom. The van der Waals surface area contributed by atoms with Crippen LogP contribution in [0.3, 0.4) is 0 Å². The van der Waals surface area contributed by atoms with Crippen LogP contribution in [0.15, 0.2) is 18.3 Å². The van der Waals surface area contributed by atoms with Crippen molar-refractivity contribution in [2.45, 2.75) is 13.3 Å². The molecular formula is C13H18N4. The van der Waals surface area contributed by atoms with Crippen molar-refractivity contribution in [1.82, 2.24) is 9.88 Å². The van der Waals surface area contributed by atoms with Crippen LogP contribution >= 0.6 is 0 Å². The Morgan fingerprint density at radius 2 is 2.06 bits per heavy atom. The number of aromatic nitrogens is 1. The first-order valence-electron chi connectivity index (χ1n) is 6.06. The first-order valence-corrected chi connectivity index (χ1v) is 6.06. The Kier molecular flexibility index (Phi) is 3.94. The van der Waals surface area contributed by atoms with Crippen LogP contribution in [0.2, 0.25) is 0 Å². The molecule has 2 heterocycles. The number of hydrogen-bond acceptors (Lipinski definition) is 4. The molecule has 0 saturated carbocycles. The van der Waals surface area contributed by atoms with E-state index in [9.17, 15) is 0 Å². The number of anilines is 1. The molecule has 1 aliphatic rings. The molecule has 4 nitrogen and oxygen atoms in total. The van der Waals surface area contributed by atoms with Gasteiger partial charge in [-0.3, -0.25) is 4.90 Å². The van der Waals surface area contributed by atoms with E-state index in [-0.39, 0.29) is 0 Å². The number of aryl methyl sites for hydroxylation is 1. The van der Waals surface area contributed by atoms with Gasteiger partial charge in [0, 0.05) is 45.3 Å². The van der Waals surface area contributed by atoms with Gasteiger partial charge in [0.2, 0.25) is 0 Å². The second-order valence-electron chi connectivity index (χ2n) is 4.43. The zero-order valence-corrected chi connectivity index (χ0v) is 10.3. The van der Waals surface area contributed by atoms with Crippen molar-refractivity contribution in [2.75, 3.05) is 37.6 Å². The van der Waals surface area contributed by atoms with Crippen molar-refractivity contribution in [1.29, 1.82) is 5.26 Å². The zero-order chi connectivity index (χ0) is 12.1. The standard InChI is InChI=1S/C13H18N4/c1-12-3-4-13(15-11-12)17-9-7-16(8-10-17)6-2-5-14/h3-4,11H,2,6-10H2,1H3. The van der Waals surface area contributed by atoms with E-state index >= 15 is 0 Å². The number of rotatable bonds is 3. The fourth-order valence-electron chi connectivity index (χ4n) is 2.06. The maximum absolute atomic E-state index is 8.56. The van der Waals surface area contributed by atoms with Gasteiger partial charge in [-0.25, -0.2) is 4.98 Å². The van der Waals surface area contributed by atoms with Gasteiger partial charge in [-0.2, -0.15) is 5.26 Å². The Morgan fingerprint density at radius 1 is 1.29 bits per heavy atom. The van der Waals surface area contributed by atoms with Crippen LogP contribution < -0.4 is 4.90 Å². The number of pyridine rings is 1. The average Bonchev–Trinajstić information content (AvgIpc) is 2.38. The molecule has 0 unspecified atom stereocenters. The molecule has 0 aliphatic carbocycles. The zero-order valence-electron chi connectivity index (χ0n) is 10.3. The molecule has 2 rings (SSSR count). The van der Waals surface area contributed by atoms with Crippen molar-refractivity contribution in [2.24, 2.45) is 0 Å². The molecule has 0 atom stereocenters. The second-order valence-corrected chi connectivity index (χ2v) is 4.43. The van der Waals surface area contributed by atoms with E-state index in [1.807, 2.05) is 6.20 Å². The smallest absolute Gasteiger partial charge is 0.128 e. The lowest BCUT2D eigenvalue weighted by Crippen LogP contribution is -2.46. The minimum Gasteiger partial charge on any atom is -0.354 e. The van der Waals surface area contributed by atoms with Crippen LogP contribution in [0.25, 0.3) is 0 Å². The first kappa shape index (κ1) is 11.9. The molecule has 17 heavy (non-hydrogen) atoms. The molecule has 1 fully saturated rings. The third-order valence-corrected chi connectivity index (χ3v) is 3.13. The molecule has 4 heteroatoms. The number of nitrogens with zero attached hydrogens (tertiary/aromatic N) is 4. The van der Waals surface area contributed by atoms with E-state index in [1.165, 1.54) is 5.56 Å². The topological polar surface area (TPSA) is 43.2 Å². The average molecular weight is 230 g/mol. The van der Waals surface area contributed by atoms with Gasteiger partial charge in [0.15, 0.2) is 0 Å². The van der Waals surface area contributed by atoms with Crippen LogP contribution in [0.5, 0.6) is 0 Å². The summed E-state index contributed by atoms with van der Waals surface area (Å²) in [5.41, 5.74) is 1.20. The lowest BCUT2D eigenvalue weighted by atomic mass is 10.2. The second kappa shape index (κ2) is 5.65. The summed E-state index contributed by atoms with van der Waals surface area (Å²) < 4.78 is 0. The van der Waals surface area contributed by atoms with Gasteiger partial charge in [0.25, 0.3) is 0 Å². The summed E-state index contributed by atoms with van der Waals surface area (Å²) in [5.74, 6) is 1.07. The normalized spacial score (nSPS) is 16.8. The number of hydrogen-bond donors (Lipinski definition) is 0. The summed E-state index contributed by atoms with van der Waals surface area (Å²) in [4.78, 5) is 9.09. The van der Waals surface area contributed by atoms with E-state index in [0.29, 0.717) is 6.42 Å². The van der Waals surface area contributed by atoms with Gasteiger partial charge in [0.05, 0.1) is 6.07 Å². The lowest BCUT2D eigenvalue weighted by Gasteiger charge is -2.35. The quantitative estimate of drug-likeness (QED) is 0.787. The first-order chi connectivity index (χ1) is 8.29. The molecule has 90 valence electrons. The molecule has 0 radical (unpaired) electrons. The van der Waals surface area contributed by atoms with Crippen molar-refractivity contribution in [3.63, 3.8) is 0 Å². The van der Waals surface area contributed by atoms with Gasteiger partial charge in [-0.15, -0.1) is 0 Å². The minimum atomic E-state index is 0.628. The Bertz CT molecular complexity index is 385. The third-order valence-electron chi connectivity index (χ3n) is 3.13. The van der Waals surface area contributed by atoms with Gasteiger partial charge in [0.1, 0.15) is 5.82 Å². The molecule has 0 amide bonds. The van der Waals surface area contributed by atoms with E-state index in [0.717, 1.165) is 38.5 Å².